The van der Waals surface area contributed by atoms with Crippen LogP contribution in [-0.4, -0.2) is 11.3 Å². The van der Waals surface area contributed by atoms with Crippen molar-refractivity contribution in [1.82, 2.24) is 0 Å². The van der Waals surface area contributed by atoms with Crippen molar-refractivity contribution in [3.8, 4) is 0 Å². The van der Waals surface area contributed by atoms with Crippen LogP contribution in [0.3, 0.4) is 0 Å². The topological polar surface area (TPSA) is 43.1 Å². The zero-order valence-electron chi connectivity index (χ0n) is 10.8. The molecule has 1 fully saturated rings. The van der Waals surface area contributed by atoms with Gasteiger partial charge in [0, 0.05) is 12.0 Å². The maximum Gasteiger partial charge on any atom is 0.167 e. The fourth-order valence-electron chi connectivity index (χ4n) is 2.70. The van der Waals surface area contributed by atoms with Crippen molar-refractivity contribution in [2.45, 2.75) is 51.0 Å². The highest BCUT2D eigenvalue weighted by molar-refractivity contribution is 5.97. The fraction of sp³-hybridized carbons (Fsp3) is 0.533. The van der Waals surface area contributed by atoms with E-state index in [1.54, 1.807) is 12.1 Å². The van der Waals surface area contributed by atoms with E-state index in [2.05, 4.69) is 0 Å². The average Bonchev–Trinajstić information content (AvgIpc) is 2.32. The lowest BCUT2D eigenvalue weighted by Crippen LogP contribution is -2.43. The van der Waals surface area contributed by atoms with Crippen LogP contribution in [0.2, 0.25) is 0 Å². The first-order valence-corrected chi connectivity index (χ1v) is 6.58. The number of Topliss-reactive ketones (excluding diaryl/α,β-unsaturated/α-hetero) is 1. The molecule has 98 valence electrons. The molecule has 0 radical (unpaired) electrons. The molecule has 0 atom stereocenters. The van der Waals surface area contributed by atoms with E-state index in [0.29, 0.717) is 0 Å². The summed E-state index contributed by atoms with van der Waals surface area (Å²) in [4.78, 5) is 12.2. The van der Waals surface area contributed by atoms with Gasteiger partial charge in [-0.05, 0) is 31.9 Å². The van der Waals surface area contributed by atoms with E-state index in [1.807, 2.05) is 6.92 Å². The zero-order valence-corrected chi connectivity index (χ0v) is 10.8. The lowest BCUT2D eigenvalue weighted by molar-refractivity contribution is 0.0930. The number of aryl methyl sites for hydroxylation is 1. The number of halogens is 1. The summed E-state index contributed by atoms with van der Waals surface area (Å²) in [7, 11) is 0. The van der Waals surface area contributed by atoms with Gasteiger partial charge >= 0.3 is 0 Å². The van der Waals surface area contributed by atoms with Gasteiger partial charge in [-0.1, -0.05) is 30.9 Å². The third-order valence-corrected chi connectivity index (χ3v) is 3.78. The Kier molecular flexibility index (Phi) is 3.81. The van der Waals surface area contributed by atoms with Crippen molar-refractivity contribution < 1.29 is 9.18 Å². The summed E-state index contributed by atoms with van der Waals surface area (Å²) in [5.41, 5.74) is 6.90. The Labute approximate surface area is 107 Å². The molecule has 18 heavy (non-hydrogen) atoms. The van der Waals surface area contributed by atoms with E-state index in [9.17, 15) is 9.18 Å². The standard InChI is InChI=1S/C15H20FNO/c1-11-5-6-13(16)12(9-11)14(18)10-15(17)7-3-2-4-8-15/h5-6,9H,2-4,7-8,10,17H2,1H3. The number of benzene rings is 1. The Morgan fingerprint density at radius 3 is 2.67 bits per heavy atom. The van der Waals surface area contributed by atoms with Crippen molar-refractivity contribution in [3.63, 3.8) is 0 Å². The average molecular weight is 249 g/mol. The van der Waals surface area contributed by atoms with Crippen LogP contribution in [0.1, 0.15) is 54.4 Å². The van der Waals surface area contributed by atoms with Gasteiger partial charge in [-0.3, -0.25) is 4.79 Å². The third kappa shape index (κ3) is 2.96. The number of ketones is 1. The summed E-state index contributed by atoms with van der Waals surface area (Å²) in [5, 5.41) is 0. The SMILES string of the molecule is Cc1ccc(F)c(C(=O)CC2(N)CCCCC2)c1. The lowest BCUT2D eigenvalue weighted by Gasteiger charge is -2.32. The number of carbonyl (C=O) groups is 1. The summed E-state index contributed by atoms with van der Waals surface area (Å²) in [5.74, 6) is -0.606. The van der Waals surface area contributed by atoms with Gasteiger partial charge in [0.1, 0.15) is 5.82 Å². The van der Waals surface area contributed by atoms with E-state index in [1.165, 1.54) is 12.5 Å². The van der Waals surface area contributed by atoms with Crippen LogP contribution in [0.5, 0.6) is 0 Å². The summed E-state index contributed by atoms with van der Waals surface area (Å²) < 4.78 is 13.6. The van der Waals surface area contributed by atoms with Gasteiger partial charge < -0.3 is 5.73 Å². The molecule has 2 nitrogen and oxygen atoms in total. The molecule has 0 saturated heterocycles. The van der Waals surface area contributed by atoms with E-state index in [-0.39, 0.29) is 17.8 Å². The molecule has 0 aliphatic heterocycles. The second-order valence-corrected chi connectivity index (χ2v) is 5.51. The first kappa shape index (κ1) is 13.2. The van der Waals surface area contributed by atoms with Gasteiger partial charge in [0.15, 0.2) is 5.78 Å². The molecule has 0 unspecified atom stereocenters. The van der Waals surface area contributed by atoms with Gasteiger partial charge in [0.2, 0.25) is 0 Å². The second kappa shape index (κ2) is 5.19. The molecule has 1 aliphatic carbocycles. The van der Waals surface area contributed by atoms with Crippen LogP contribution in [-0.2, 0) is 0 Å². The normalized spacial score (nSPS) is 18.6. The van der Waals surface area contributed by atoms with Gasteiger partial charge in [-0.2, -0.15) is 0 Å². The minimum absolute atomic E-state index is 0.166. The van der Waals surface area contributed by atoms with Crippen LogP contribution in [0.4, 0.5) is 4.39 Å². The quantitative estimate of drug-likeness (QED) is 0.835. The Morgan fingerprint density at radius 2 is 2.00 bits per heavy atom. The van der Waals surface area contributed by atoms with Crippen LogP contribution in [0.15, 0.2) is 18.2 Å². The van der Waals surface area contributed by atoms with Crippen LogP contribution in [0, 0.1) is 12.7 Å². The molecule has 3 heteroatoms. The molecule has 0 heterocycles. The van der Waals surface area contributed by atoms with Crippen molar-refractivity contribution in [2.75, 3.05) is 0 Å². The molecule has 1 aliphatic rings. The van der Waals surface area contributed by atoms with Crippen molar-refractivity contribution in [3.05, 3.63) is 35.1 Å². The maximum atomic E-state index is 13.6. The molecular weight excluding hydrogens is 229 g/mol. The summed E-state index contributed by atoms with van der Waals surface area (Å²) >= 11 is 0. The molecule has 1 aromatic carbocycles. The Morgan fingerprint density at radius 1 is 1.33 bits per heavy atom. The highest BCUT2D eigenvalue weighted by Gasteiger charge is 2.31. The van der Waals surface area contributed by atoms with E-state index in [0.717, 1.165) is 31.2 Å². The van der Waals surface area contributed by atoms with Crippen LogP contribution < -0.4 is 5.73 Å². The van der Waals surface area contributed by atoms with Crippen molar-refractivity contribution >= 4 is 5.78 Å². The van der Waals surface area contributed by atoms with E-state index >= 15 is 0 Å². The third-order valence-electron chi connectivity index (χ3n) is 3.78. The number of hydrogen-bond donors (Lipinski definition) is 1. The summed E-state index contributed by atoms with van der Waals surface area (Å²) in [6.45, 7) is 1.86. The predicted molar refractivity (Wildman–Crippen MR) is 70.1 cm³/mol. The van der Waals surface area contributed by atoms with Crippen LogP contribution in [0.25, 0.3) is 0 Å². The molecule has 0 bridgehead atoms. The molecule has 0 aromatic heterocycles. The van der Waals surface area contributed by atoms with Gasteiger partial charge in [0.25, 0.3) is 0 Å². The smallest absolute Gasteiger partial charge is 0.167 e. The largest absolute Gasteiger partial charge is 0.325 e. The monoisotopic (exact) mass is 249 g/mol. The van der Waals surface area contributed by atoms with Crippen molar-refractivity contribution in [2.24, 2.45) is 5.73 Å². The predicted octanol–water partition coefficient (Wildman–Crippen LogP) is 3.37. The lowest BCUT2D eigenvalue weighted by atomic mass is 9.78. The first-order valence-electron chi connectivity index (χ1n) is 6.58. The summed E-state index contributed by atoms with van der Waals surface area (Å²) in [6.07, 6.45) is 5.32. The minimum atomic E-state index is -0.440. The Hall–Kier alpha value is -1.22. The maximum absolute atomic E-state index is 13.6. The summed E-state index contributed by atoms with van der Waals surface area (Å²) in [6, 6.07) is 4.64. The number of hydrogen-bond acceptors (Lipinski definition) is 2. The van der Waals surface area contributed by atoms with Crippen molar-refractivity contribution in [1.29, 1.82) is 0 Å². The molecule has 1 aromatic rings. The van der Waals surface area contributed by atoms with E-state index < -0.39 is 11.4 Å². The zero-order chi connectivity index (χ0) is 13.2. The highest BCUT2D eigenvalue weighted by atomic mass is 19.1. The molecule has 2 rings (SSSR count). The minimum Gasteiger partial charge on any atom is -0.325 e. The van der Waals surface area contributed by atoms with Gasteiger partial charge in [-0.15, -0.1) is 0 Å². The van der Waals surface area contributed by atoms with Crippen LogP contribution >= 0.6 is 0 Å². The fourth-order valence-corrected chi connectivity index (χ4v) is 2.70. The van der Waals surface area contributed by atoms with Gasteiger partial charge in [0.05, 0.1) is 5.56 Å². The second-order valence-electron chi connectivity index (χ2n) is 5.51. The highest BCUT2D eigenvalue weighted by Crippen LogP contribution is 2.30. The molecule has 2 N–H and O–H groups in total. The molecule has 1 saturated carbocycles. The molecule has 0 spiro atoms. The molecule has 0 amide bonds. The Bertz CT molecular complexity index is 450. The van der Waals surface area contributed by atoms with E-state index in [4.69, 9.17) is 5.73 Å². The number of carbonyl (C=O) groups excluding carboxylic acids is 1. The molecular formula is C15H20FNO. The Balaban J connectivity index is 2.14. The number of rotatable bonds is 3. The van der Waals surface area contributed by atoms with Gasteiger partial charge in [-0.25, -0.2) is 4.39 Å². The number of nitrogens with two attached hydrogens (primary N) is 1. The first-order chi connectivity index (χ1) is 8.50.